The predicted molar refractivity (Wildman–Crippen MR) is 82.2 cm³/mol. The lowest BCUT2D eigenvalue weighted by Gasteiger charge is -2.23. The predicted octanol–water partition coefficient (Wildman–Crippen LogP) is 5.90. The standard InChI is InChI=1S/C17H17BrF2/c1-3-13(12-7-5-4-6-8-12)17(18)14-10-15(19)11(2)9-16(14)20/h4-10,13,17H,3H2,1-2H3. The Morgan fingerprint density at radius 1 is 1.05 bits per heavy atom. The van der Waals surface area contributed by atoms with Crippen LogP contribution in [0.4, 0.5) is 8.78 Å². The minimum absolute atomic E-state index is 0.104. The molecule has 2 unspecified atom stereocenters. The van der Waals surface area contributed by atoms with Crippen molar-refractivity contribution in [3.8, 4) is 0 Å². The maximum Gasteiger partial charge on any atom is 0.128 e. The Hall–Kier alpha value is -1.22. The van der Waals surface area contributed by atoms with E-state index in [9.17, 15) is 8.78 Å². The van der Waals surface area contributed by atoms with Gasteiger partial charge in [0.1, 0.15) is 11.6 Å². The highest BCUT2D eigenvalue weighted by molar-refractivity contribution is 9.09. The normalized spacial score (nSPS) is 14.1. The zero-order valence-electron chi connectivity index (χ0n) is 11.5. The molecule has 0 bridgehead atoms. The molecule has 2 atom stereocenters. The summed E-state index contributed by atoms with van der Waals surface area (Å²) in [7, 11) is 0. The maximum atomic E-state index is 14.1. The van der Waals surface area contributed by atoms with E-state index in [4.69, 9.17) is 0 Å². The fourth-order valence-electron chi connectivity index (χ4n) is 2.40. The Bertz CT molecular complexity index is 581. The quantitative estimate of drug-likeness (QED) is 0.608. The topological polar surface area (TPSA) is 0 Å². The van der Waals surface area contributed by atoms with E-state index in [1.54, 1.807) is 6.92 Å². The van der Waals surface area contributed by atoms with Crippen LogP contribution in [0.3, 0.4) is 0 Å². The van der Waals surface area contributed by atoms with Gasteiger partial charge in [-0.1, -0.05) is 53.2 Å². The van der Waals surface area contributed by atoms with E-state index in [2.05, 4.69) is 15.9 Å². The van der Waals surface area contributed by atoms with E-state index in [1.165, 1.54) is 12.1 Å². The van der Waals surface area contributed by atoms with Gasteiger partial charge in [-0.15, -0.1) is 0 Å². The van der Waals surface area contributed by atoms with Gasteiger partial charge in [0, 0.05) is 16.3 Å². The van der Waals surface area contributed by atoms with Crippen LogP contribution in [0.2, 0.25) is 0 Å². The fourth-order valence-corrected chi connectivity index (χ4v) is 3.43. The first-order valence-corrected chi connectivity index (χ1v) is 7.60. The number of hydrogen-bond donors (Lipinski definition) is 0. The minimum atomic E-state index is -0.367. The third-order valence-corrected chi connectivity index (χ3v) is 4.73. The Balaban J connectivity index is 2.39. The zero-order chi connectivity index (χ0) is 14.7. The molecule has 0 aliphatic rings. The molecule has 0 aliphatic heterocycles. The van der Waals surface area contributed by atoms with Crippen molar-refractivity contribution in [1.29, 1.82) is 0 Å². The van der Waals surface area contributed by atoms with Crippen molar-refractivity contribution in [3.05, 3.63) is 70.8 Å². The van der Waals surface area contributed by atoms with Gasteiger partial charge in [0.05, 0.1) is 0 Å². The lowest BCUT2D eigenvalue weighted by Crippen LogP contribution is -2.08. The molecule has 0 N–H and O–H groups in total. The minimum Gasteiger partial charge on any atom is -0.207 e. The van der Waals surface area contributed by atoms with Gasteiger partial charge in [-0.3, -0.25) is 0 Å². The number of hydrogen-bond acceptors (Lipinski definition) is 0. The molecular weight excluding hydrogens is 322 g/mol. The van der Waals surface area contributed by atoms with E-state index >= 15 is 0 Å². The summed E-state index contributed by atoms with van der Waals surface area (Å²) in [6.45, 7) is 3.62. The van der Waals surface area contributed by atoms with Gasteiger partial charge in [-0.25, -0.2) is 8.78 Å². The van der Waals surface area contributed by atoms with Crippen LogP contribution in [0.15, 0.2) is 42.5 Å². The van der Waals surface area contributed by atoms with Gasteiger partial charge in [0.25, 0.3) is 0 Å². The van der Waals surface area contributed by atoms with Crippen LogP contribution in [0.5, 0.6) is 0 Å². The Morgan fingerprint density at radius 2 is 1.70 bits per heavy atom. The van der Waals surface area contributed by atoms with Gasteiger partial charge in [-0.2, -0.15) is 0 Å². The van der Waals surface area contributed by atoms with Crippen LogP contribution < -0.4 is 0 Å². The van der Waals surface area contributed by atoms with Crippen molar-refractivity contribution in [1.82, 2.24) is 0 Å². The molecule has 0 amide bonds. The number of rotatable bonds is 4. The number of alkyl halides is 1. The first-order valence-electron chi connectivity index (χ1n) is 6.69. The first kappa shape index (κ1) is 15.2. The van der Waals surface area contributed by atoms with Crippen molar-refractivity contribution in [2.75, 3.05) is 0 Å². The van der Waals surface area contributed by atoms with Crippen LogP contribution >= 0.6 is 15.9 Å². The third-order valence-electron chi connectivity index (χ3n) is 3.60. The Morgan fingerprint density at radius 3 is 2.30 bits per heavy atom. The van der Waals surface area contributed by atoms with Crippen LogP contribution in [0, 0.1) is 18.6 Å². The van der Waals surface area contributed by atoms with E-state index in [0.717, 1.165) is 12.0 Å². The van der Waals surface area contributed by atoms with E-state index in [1.807, 2.05) is 37.3 Å². The van der Waals surface area contributed by atoms with Crippen molar-refractivity contribution < 1.29 is 8.78 Å². The monoisotopic (exact) mass is 338 g/mol. The molecule has 0 nitrogen and oxygen atoms in total. The molecule has 2 rings (SSSR count). The second-order valence-corrected chi connectivity index (χ2v) is 5.94. The molecule has 0 saturated carbocycles. The molecule has 3 heteroatoms. The SMILES string of the molecule is CCC(c1ccccc1)C(Br)c1cc(F)c(C)cc1F. The van der Waals surface area contributed by atoms with Crippen molar-refractivity contribution >= 4 is 15.9 Å². The first-order chi connectivity index (χ1) is 9.54. The molecule has 0 aliphatic carbocycles. The lowest BCUT2D eigenvalue weighted by molar-refractivity contribution is 0.559. The van der Waals surface area contributed by atoms with E-state index in [0.29, 0.717) is 11.1 Å². The smallest absolute Gasteiger partial charge is 0.128 e. The van der Waals surface area contributed by atoms with E-state index < -0.39 is 0 Å². The Labute approximate surface area is 127 Å². The number of halogens is 3. The molecule has 2 aromatic rings. The molecule has 0 spiro atoms. The van der Waals surface area contributed by atoms with Gasteiger partial charge >= 0.3 is 0 Å². The fraction of sp³-hybridized carbons (Fsp3) is 0.294. The van der Waals surface area contributed by atoms with Crippen LogP contribution in [0.1, 0.15) is 40.8 Å². The van der Waals surface area contributed by atoms with Gasteiger partial charge in [0.2, 0.25) is 0 Å². The Kier molecular flexibility index (Phi) is 4.92. The molecule has 0 heterocycles. The summed E-state index contributed by atoms with van der Waals surface area (Å²) >= 11 is 3.55. The van der Waals surface area contributed by atoms with E-state index in [-0.39, 0.29) is 22.4 Å². The summed E-state index contributed by atoms with van der Waals surface area (Å²) in [5.41, 5.74) is 1.83. The molecule has 106 valence electrons. The van der Waals surface area contributed by atoms with Crippen LogP contribution in [-0.4, -0.2) is 0 Å². The van der Waals surface area contributed by atoms with Gasteiger partial charge < -0.3 is 0 Å². The average Bonchev–Trinajstić information content (AvgIpc) is 2.44. The summed E-state index contributed by atoms with van der Waals surface area (Å²) in [5, 5.41) is 0. The number of aryl methyl sites for hydroxylation is 1. The molecule has 20 heavy (non-hydrogen) atoms. The molecule has 0 saturated heterocycles. The van der Waals surface area contributed by atoms with Crippen molar-refractivity contribution in [2.24, 2.45) is 0 Å². The van der Waals surface area contributed by atoms with Crippen molar-refractivity contribution in [3.63, 3.8) is 0 Å². The third kappa shape index (κ3) is 3.09. The largest absolute Gasteiger partial charge is 0.207 e. The summed E-state index contributed by atoms with van der Waals surface area (Å²) in [6.07, 6.45) is 0.842. The van der Waals surface area contributed by atoms with Gasteiger partial charge in [-0.05, 0) is 36.6 Å². The highest BCUT2D eigenvalue weighted by atomic mass is 79.9. The maximum absolute atomic E-state index is 14.1. The summed E-state index contributed by atoms with van der Waals surface area (Å²) in [4.78, 5) is -0.245. The van der Waals surface area contributed by atoms with Crippen molar-refractivity contribution in [2.45, 2.75) is 31.0 Å². The molecule has 2 aromatic carbocycles. The summed E-state index contributed by atoms with van der Waals surface area (Å²) in [6, 6.07) is 12.5. The summed E-state index contributed by atoms with van der Waals surface area (Å²) in [5.74, 6) is -0.623. The second kappa shape index (κ2) is 6.49. The molecule has 0 radical (unpaired) electrons. The summed E-state index contributed by atoms with van der Waals surface area (Å²) < 4.78 is 27.8. The lowest BCUT2D eigenvalue weighted by atomic mass is 9.89. The zero-order valence-corrected chi connectivity index (χ0v) is 13.1. The average molecular weight is 339 g/mol. The van der Waals surface area contributed by atoms with Crippen LogP contribution in [0.25, 0.3) is 0 Å². The van der Waals surface area contributed by atoms with Gasteiger partial charge in [0.15, 0.2) is 0 Å². The number of benzene rings is 2. The van der Waals surface area contributed by atoms with Crippen LogP contribution in [-0.2, 0) is 0 Å². The highest BCUT2D eigenvalue weighted by Gasteiger charge is 2.24. The second-order valence-electron chi connectivity index (χ2n) is 4.95. The molecule has 0 aromatic heterocycles. The molecular formula is C17H17BrF2. The highest BCUT2D eigenvalue weighted by Crippen LogP contribution is 2.41. The molecule has 0 fully saturated rings.